The van der Waals surface area contributed by atoms with Crippen molar-refractivity contribution in [3.8, 4) is 0 Å². The maximum absolute atomic E-state index is 11.1. The van der Waals surface area contributed by atoms with Crippen molar-refractivity contribution in [3.05, 3.63) is 0 Å². The molecule has 6 heteroatoms. The molecule has 0 aromatic rings. The summed E-state index contributed by atoms with van der Waals surface area (Å²) in [5.41, 5.74) is 0.280. The molecule has 0 saturated carbocycles. The molecule has 0 aliphatic carbocycles. The molecule has 5 nitrogen and oxygen atoms in total. The summed E-state index contributed by atoms with van der Waals surface area (Å²) >= 11 is 0. The predicted molar refractivity (Wildman–Crippen MR) is 72.7 cm³/mol. The van der Waals surface area contributed by atoms with Crippen LogP contribution < -0.4 is 0 Å². The van der Waals surface area contributed by atoms with Crippen molar-refractivity contribution < 1.29 is 23.2 Å². The molecule has 0 aromatic carbocycles. The van der Waals surface area contributed by atoms with E-state index in [0.717, 1.165) is 32.5 Å². The maximum Gasteiger partial charge on any atom is 0.461 e. The summed E-state index contributed by atoms with van der Waals surface area (Å²) in [5.74, 6) is -0.764. The first-order chi connectivity index (χ1) is 8.81. The Bertz CT molecular complexity index is 316. The Hall–Kier alpha value is -0.883. The molecule has 0 N–H and O–H groups in total. The van der Waals surface area contributed by atoms with E-state index in [1.165, 1.54) is 13.8 Å². The second kappa shape index (κ2) is 6.52. The number of rotatable bonds is 7. The Morgan fingerprint density at radius 2 is 1.74 bits per heavy atom. The lowest BCUT2D eigenvalue weighted by Crippen LogP contribution is -2.44. The Balaban J connectivity index is 2.48. The van der Waals surface area contributed by atoms with Gasteiger partial charge in [-0.05, 0) is 19.3 Å². The van der Waals surface area contributed by atoms with Crippen molar-refractivity contribution in [1.29, 1.82) is 0 Å². The number of ether oxygens (including phenoxy) is 1. The highest BCUT2D eigenvalue weighted by atomic mass is 28.4. The molecule has 1 heterocycles. The maximum atomic E-state index is 11.1. The van der Waals surface area contributed by atoms with Gasteiger partial charge < -0.3 is 13.6 Å². The average Bonchev–Trinajstić information content (AvgIpc) is 2.19. The first-order valence-electron chi connectivity index (χ1n) is 6.78. The molecule has 0 amide bonds. The van der Waals surface area contributed by atoms with Crippen LogP contribution in [0, 0.1) is 5.41 Å². The molecular formula is C13H24O5Si. The molecule has 0 unspecified atom stereocenters. The van der Waals surface area contributed by atoms with Crippen LogP contribution in [-0.2, 0) is 23.2 Å². The van der Waals surface area contributed by atoms with Crippen LogP contribution in [0.3, 0.4) is 0 Å². The van der Waals surface area contributed by atoms with E-state index < -0.39 is 8.56 Å². The number of hydrogen-bond donors (Lipinski definition) is 0. The van der Waals surface area contributed by atoms with Crippen LogP contribution in [0.25, 0.3) is 0 Å². The highest BCUT2D eigenvalue weighted by Crippen LogP contribution is 2.37. The quantitative estimate of drug-likeness (QED) is 0.673. The van der Waals surface area contributed by atoms with Gasteiger partial charge in [-0.15, -0.1) is 0 Å². The van der Waals surface area contributed by atoms with Gasteiger partial charge in [0.25, 0.3) is 11.9 Å². The third-order valence-electron chi connectivity index (χ3n) is 3.62. The summed E-state index contributed by atoms with van der Waals surface area (Å²) in [6.07, 6.45) is 3.00. The first-order valence-corrected chi connectivity index (χ1v) is 9.30. The SMILES string of the molecule is CCC1(CCC[Si](C)(OC(C)=O)OC(C)=O)COC1. The van der Waals surface area contributed by atoms with Crippen molar-refractivity contribution in [2.75, 3.05) is 13.2 Å². The Morgan fingerprint density at radius 3 is 2.05 bits per heavy atom. The molecule has 0 bridgehead atoms. The van der Waals surface area contributed by atoms with E-state index in [4.69, 9.17) is 13.6 Å². The van der Waals surface area contributed by atoms with Crippen LogP contribution in [0.4, 0.5) is 0 Å². The van der Waals surface area contributed by atoms with E-state index in [-0.39, 0.29) is 17.4 Å². The molecule has 1 aliphatic heterocycles. The molecule has 0 radical (unpaired) electrons. The largest absolute Gasteiger partial charge is 0.485 e. The minimum atomic E-state index is -2.72. The van der Waals surface area contributed by atoms with Gasteiger partial charge in [-0.2, -0.15) is 0 Å². The molecule has 0 spiro atoms. The highest BCUT2D eigenvalue weighted by Gasteiger charge is 2.41. The van der Waals surface area contributed by atoms with E-state index in [1.807, 2.05) is 0 Å². The minimum absolute atomic E-state index is 0.280. The molecule has 1 fully saturated rings. The summed E-state index contributed by atoms with van der Waals surface area (Å²) in [5, 5.41) is 0. The molecule has 1 aliphatic rings. The van der Waals surface area contributed by atoms with E-state index in [1.54, 1.807) is 6.55 Å². The van der Waals surface area contributed by atoms with E-state index >= 15 is 0 Å². The van der Waals surface area contributed by atoms with Gasteiger partial charge in [-0.3, -0.25) is 9.59 Å². The van der Waals surface area contributed by atoms with E-state index in [9.17, 15) is 9.59 Å². The molecule has 0 aromatic heterocycles. The Labute approximate surface area is 115 Å². The standard InChI is InChI=1S/C13H24O5Si/c1-5-13(9-16-10-13)7-6-8-19(4,17-11(2)14)18-12(3)15/h5-10H2,1-4H3. The minimum Gasteiger partial charge on any atom is -0.485 e. The molecule has 0 atom stereocenters. The summed E-state index contributed by atoms with van der Waals surface area (Å²) in [6.45, 7) is 8.25. The van der Waals surface area contributed by atoms with Crippen LogP contribution in [0.1, 0.15) is 40.0 Å². The van der Waals surface area contributed by atoms with Gasteiger partial charge >= 0.3 is 8.56 Å². The van der Waals surface area contributed by atoms with Crippen molar-refractivity contribution in [1.82, 2.24) is 0 Å². The topological polar surface area (TPSA) is 61.8 Å². The lowest BCUT2D eigenvalue weighted by atomic mass is 9.79. The van der Waals surface area contributed by atoms with Crippen LogP contribution >= 0.6 is 0 Å². The third kappa shape index (κ3) is 4.95. The van der Waals surface area contributed by atoms with Crippen molar-refractivity contribution in [3.63, 3.8) is 0 Å². The van der Waals surface area contributed by atoms with Gasteiger partial charge in [-0.1, -0.05) is 6.92 Å². The predicted octanol–water partition coefficient (Wildman–Crippen LogP) is 2.39. The van der Waals surface area contributed by atoms with Gasteiger partial charge in [0.2, 0.25) is 0 Å². The molecule has 1 rings (SSSR count). The average molecular weight is 288 g/mol. The fourth-order valence-electron chi connectivity index (χ4n) is 2.43. The van der Waals surface area contributed by atoms with Gasteiger partial charge in [-0.25, -0.2) is 0 Å². The van der Waals surface area contributed by atoms with Gasteiger partial charge in [0.15, 0.2) is 0 Å². The number of carbonyl (C=O) groups excluding carboxylic acids is 2. The second-order valence-electron chi connectivity index (χ2n) is 5.52. The number of hydrogen-bond acceptors (Lipinski definition) is 5. The molecule has 19 heavy (non-hydrogen) atoms. The Morgan fingerprint density at radius 1 is 1.21 bits per heavy atom. The normalized spacial score (nSPS) is 17.5. The highest BCUT2D eigenvalue weighted by molar-refractivity contribution is 6.69. The fraction of sp³-hybridized carbons (Fsp3) is 0.846. The zero-order valence-electron chi connectivity index (χ0n) is 12.3. The van der Waals surface area contributed by atoms with Crippen LogP contribution in [-0.4, -0.2) is 33.7 Å². The smallest absolute Gasteiger partial charge is 0.461 e. The van der Waals surface area contributed by atoms with Crippen molar-refractivity contribution in [2.45, 2.75) is 52.6 Å². The fourth-order valence-corrected chi connectivity index (χ4v) is 4.71. The molecule has 110 valence electrons. The summed E-state index contributed by atoms with van der Waals surface area (Å²) in [4.78, 5) is 22.3. The Kier molecular flexibility index (Phi) is 5.55. The lowest BCUT2D eigenvalue weighted by Gasteiger charge is -2.41. The van der Waals surface area contributed by atoms with Gasteiger partial charge in [0.1, 0.15) is 0 Å². The van der Waals surface area contributed by atoms with Crippen molar-refractivity contribution in [2.24, 2.45) is 5.41 Å². The second-order valence-corrected chi connectivity index (χ2v) is 8.70. The first kappa shape index (κ1) is 16.2. The van der Waals surface area contributed by atoms with Crippen LogP contribution in [0.5, 0.6) is 0 Å². The van der Waals surface area contributed by atoms with E-state index in [2.05, 4.69) is 6.92 Å². The van der Waals surface area contributed by atoms with Crippen molar-refractivity contribution >= 4 is 20.5 Å². The van der Waals surface area contributed by atoms with Gasteiger partial charge in [0.05, 0.1) is 13.2 Å². The lowest BCUT2D eigenvalue weighted by molar-refractivity contribution is -0.139. The molecular weight excluding hydrogens is 264 g/mol. The van der Waals surface area contributed by atoms with Gasteiger partial charge in [0, 0.05) is 31.9 Å². The summed E-state index contributed by atoms with van der Waals surface area (Å²) in [6, 6.07) is 0.647. The zero-order chi connectivity index (χ0) is 14.5. The third-order valence-corrected chi connectivity index (χ3v) is 6.32. The summed E-state index contributed by atoms with van der Waals surface area (Å²) in [7, 11) is -2.72. The van der Waals surface area contributed by atoms with E-state index in [0.29, 0.717) is 6.04 Å². The zero-order valence-corrected chi connectivity index (χ0v) is 13.3. The van der Waals surface area contributed by atoms with Crippen LogP contribution in [0.15, 0.2) is 0 Å². The monoisotopic (exact) mass is 288 g/mol. The molecule has 1 saturated heterocycles. The number of carbonyl (C=O) groups is 2. The summed E-state index contributed by atoms with van der Waals surface area (Å²) < 4.78 is 15.8. The van der Waals surface area contributed by atoms with Crippen LogP contribution in [0.2, 0.25) is 12.6 Å².